The Hall–Kier alpha value is 0.390. The molecule has 3 heteroatoms. The molecule has 0 saturated carbocycles. The zero-order chi connectivity index (χ0) is 11.5. The van der Waals surface area contributed by atoms with Crippen molar-refractivity contribution < 1.29 is 4.74 Å². The Balaban J connectivity index is 2.79. The van der Waals surface area contributed by atoms with Crippen LogP contribution < -0.4 is 0 Å². The number of rotatable bonds is 3. The molecule has 84 valence electrons. The first kappa shape index (κ1) is 13.5. The Morgan fingerprint density at radius 2 is 1.80 bits per heavy atom. The van der Waals surface area contributed by atoms with Crippen LogP contribution in [0.25, 0.3) is 0 Å². The third-order valence-electron chi connectivity index (χ3n) is 1.88. The predicted molar refractivity (Wildman–Crippen MR) is 76.6 cm³/mol. The molecule has 0 aliphatic rings. The van der Waals surface area contributed by atoms with Gasteiger partial charge in [0, 0.05) is 8.90 Å². The molecule has 0 aromatic heterocycles. The lowest BCUT2D eigenvalue weighted by molar-refractivity contribution is -0.0494. The molecule has 0 bridgehead atoms. The second kappa shape index (κ2) is 5.64. The monoisotopic (exact) mass is 382 g/mol. The van der Waals surface area contributed by atoms with Crippen LogP contribution in [0.4, 0.5) is 0 Å². The number of hydrogen-bond acceptors (Lipinski definition) is 1. The average molecular weight is 383 g/mol. The summed E-state index contributed by atoms with van der Waals surface area (Å²) in [6.07, 6.45) is 0.179. The van der Waals surface area contributed by atoms with Crippen molar-refractivity contribution in [3.05, 3.63) is 34.3 Å². The van der Waals surface area contributed by atoms with Gasteiger partial charge in [0.15, 0.2) is 0 Å². The number of hydrogen-bond donors (Lipinski definition) is 0. The third-order valence-corrected chi connectivity index (χ3v) is 3.21. The van der Waals surface area contributed by atoms with E-state index in [1.54, 1.807) is 0 Å². The quantitative estimate of drug-likeness (QED) is 0.541. The molecule has 0 saturated heterocycles. The minimum absolute atomic E-state index is 0.0943. The number of benzene rings is 1. The van der Waals surface area contributed by atoms with E-state index in [0.717, 1.165) is 8.90 Å². The van der Waals surface area contributed by atoms with Crippen molar-refractivity contribution in [2.75, 3.05) is 4.43 Å². The Morgan fingerprint density at radius 3 is 2.20 bits per heavy atom. The molecular formula is C12H16BrIO. The number of alkyl halides is 1. The first-order valence-corrected chi connectivity index (χ1v) is 7.23. The summed E-state index contributed by atoms with van der Waals surface area (Å²) in [4.78, 5) is 0. The molecule has 1 atom stereocenters. The van der Waals surface area contributed by atoms with Crippen LogP contribution in [-0.2, 0) is 4.74 Å². The van der Waals surface area contributed by atoms with Gasteiger partial charge in [0.1, 0.15) is 0 Å². The zero-order valence-corrected chi connectivity index (χ0v) is 13.0. The maximum absolute atomic E-state index is 5.99. The van der Waals surface area contributed by atoms with Gasteiger partial charge < -0.3 is 4.74 Å². The highest BCUT2D eigenvalue weighted by Crippen LogP contribution is 2.26. The van der Waals surface area contributed by atoms with Crippen LogP contribution in [0.1, 0.15) is 32.4 Å². The van der Waals surface area contributed by atoms with Crippen molar-refractivity contribution in [3.8, 4) is 0 Å². The van der Waals surface area contributed by atoms with Crippen molar-refractivity contribution in [1.82, 2.24) is 0 Å². The molecule has 1 nitrogen and oxygen atoms in total. The van der Waals surface area contributed by atoms with Crippen molar-refractivity contribution in [2.45, 2.75) is 32.5 Å². The van der Waals surface area contributed by atoms with E-state index >= 15 is 0 Å². The molecule has 0 heterocycles. The Labute approximate surface area is 114 Å². The van der Waals surface area contributed by atoms with E-state index in [-0.39, 0.29) is 11.7 Å². The van der Waals surface area contributed by atoms with Gasteiger partial charge in [-0.2, -0.15) is 0 Å². The smallest absolute Gasteiger partial charge is 0.0921 e. The fraction of sp³-hybridized carbons (Fsp3) is 0.500. The average Bonchev–Trinajstić information content (AvgIpc) is 2.14. The molecule has 0 amide bonds. The van der Waals surface area contributed by atoms with Crippen molar-refractivity contribution in [1.29, 1.82) is 0 Å². The molecule has 15 heavy (non-hydrogen) atoms. The van der Waals surface area contributed by atoms with Gasteiger partial charge in [-0.15, -0.1) is 0 Å². The van der Waals surface area contributed by atoms with Crippen LogP contribution in [0.5, 0.6) is 0 Å². The van der Waals surface area contributed by atoms with E-state index < -0.39 is 0 Å². The van der Waals surface area contributed by atoms with E-state index in [1.165, 1.54) is 5.56 Å². The highest BCUT2D eigenvalue weighted by atomic mass is 127. The minimum Gasteiger partial charge on any atom is -0.367 e. The van der Waals surface area contributed by atoms with Crippen LogP contribution in [0.15, 0.2) is 28.7 Å². The lowest BCUT2D eigenvalue weighted by Crippen LogP contribution is -2.23. The fourth-order valence-corrected chi connectivity index (χ4v) is 2.25. The van der Waals surface area contributed by atoms with Crippen molar-refractivity contribution in [2.24, 2.45) is 0 Å². The van der Waals surface area contributed by atoms with Crippen molar-refractivity contribution >= 4 is 38.5 Å². The molecule has 0 spiro atoms. The van der Waals surface area contributed by atoms with Gasteiger partial charge >= 0.3 is 0 Å². The number of ether oxygens (including phenoxy) is 1. The van der Waals surface area contributed by atoms with Gasteiger partial charge in [0.25, 0.3) is 0 Å². The SMILES string of the molecule is CC(C)(C)OC(CI)c1ccc(Br)cc1. The molecule has 1 aromatic carbocycles. The summed E-state index contributed by atoms with van der Waals surface area (Å²) < 4.78 is 8.06. The summed E-state index contributed by atoms with van der Waals surface area (Å²) in [6.45, 7) is 6.27. The van der Waals surface area contributed by atoms with E-state index in [4.69, 9.17) is 4.74 Å². The zero-order valence-electron chi connectivity index (χ0n) is 9.26. The van der Waals surface area contributed by atoms with E-state index in [2.05, 4.69) is 83.6 Å². The summed E-state index contributed by atoms with van der Waals surface area (Å²) in [5.41, 5.74) is 1.14. The number of halogens is 2. The van der Waals surface area contributed by atoms with Crippen molar-refractivity contribution in [3.63, 3.8) is 0 Å². The topological polar surface area (TPSA) is 9.23 Å². The fourth-order valence-electron chi connectivity index (χ4n) is 1.29. The summed E-state index contributed by atoms with van der Waals surface area (Å²) in [7, 11) is 0. The van der Waals surface area contributed by atoms with Gasteiger partial charge in [0.2, 0.25) is 0 Å². The molecule has 0 aliphatic heterocycles. The van der Waals surface area contributed by atoms with E-state index in [9.17, 15) is 0 Å². The molecule has 0 N–H and O–H groups in total. The van der Waals surface area contributed by atoms with Gasteiger partial charge in [-0.1, -0.05) is 50.7 Å². The van der Waals surface area contributed by atoms with Crippen LogP contribution in [-0.4, -0.2) is 10.0 Å². The van der Waals surface area contributed by atoms with Gasteiger partial charge in [-0.05, 0) is 38.5 Å². The minimum atomic E-state index is -0.0943. The van der Waals surface area contributed by atoms with Gasteiger partial charge in [-0.3, -0.25) is 0 Å². The molecule has 0 radical (unpaired) electrons. The second-order valence-corrected chi connectivity index (χ2v) is 6.22. The molecule has 1 aromatic rings. The first-order chi connectivity index (χ1) is 6.92. The largest absolute Gasteiger partial charge is 0.367 e. The van der Waals surface area contributed by atoms with Crippen LogP contribution >= 0.6 is 38.5 Å². The van der Waals surface area contributed by atoms with Gasteiger partial charge in [-0.25, -0.2) is 0 Å². The maximum Gasteiger partial charge on any atom is 0.0921 e. The van der Waals surface area contributed by atoms with Crippen LogP contribution in [0, 0.1) is 0 Å². The van der Waals surface area contributed by atoms with E-state index in [0.29, 0.717) is 0 Å². The second-order valence-electron chi connectivity index (χ2n) is 4.42. The summed E-state index contributed by atoms with van der Waals surface area (Å²) in [5, 5.41) is 0. The Morgan fingerprint density at radius 1 is 1.27 bits per heavy atom. The Kier molecular flexibility index (Phi) is 5.06. The lowest BCUT2D eigenvalue weighted by Gasteiger charge is -2.26. The van der Waals surface area contributed by atoms with Crippen LogP contribution in [0.3, 0.4) is 0 Å². The first-order valence-electron chi connectivity index (χ1n) is 4.91. The molecule has 0 aliphatic carbocycles. The summed E-state index contributed by atoms with van der Waals surface area (Å²) in [5.74, 6) is 0. The lowest BCUT2D eigenvalue weighted by atomic mass is 10.1. The molecule has 1 rings (SSSR count). The van der Waals surface area contributed by atoms with E-state index in [1.807, 2.05) is 0 Å². The molecule has 1 unspecified atom stereocenters. The molecule has 0 fully saturated rings. The molecular weight excluding hydrogens is 367 g/mol. The normalized spacial score (nSPS) is 13.9. The standard InChI is InChI=1S/C12H16BrIO/c1-12(2,3)15-11(8-14)9-4-6-10(13)7-5-9/h4-7,11H,8H2,1-3H3. The maximum atomic E-state index is 5.99. The van der Waals surface area contributed by atoms with Crippen LogP contribution in [0.2, 0.25) is 0 Å². The predicted octanol–water partition coefficient (Wildman–Crippen LogP) is 4.74. The Bertz CT molecular complexity index is 302. The summed E-state index contributed by atoms with van der Waals surface area (Å²) >= 11 is 5.80. The van der Waals surface area contributed by atoms with Gasteiger partial charge in [0.05, 0.1) is 11.7 Å². The summed E-state index contributed by atoms with van der Waals surface area (Å²) in [6, 6.07) is 8.33. The highest BCUT2D eigenvalue weighted by molar-refractivity contribution is 14.1. The third kappa shape index (κ3) is 4.83. The highest BCUT2D eigenvalue weighted by Gasteiger charge is 2.19.